The Labute approximate surface area is 121 Å². The van der Waals surface area contributed by atoms with Crippen LogP contribution in [-0.4, -0.2) is 13.1 Å². The summed E-state index contributed by atoms with van der Waals surface area (Å²) in [4.78, 5) is 11.3. The Morgan fingerprint density at radius 2 is 1.95 bits per heavy atom. The summed E-state index contributed by atoms with van der Waals surface area (Å²) in [7, 11) is 1.34. The summed E-state index contributed by atoms with van der Waals surface area (Å²) in [5, 5.41) is 3.43. The standard InChI is InChI=1S/C15H13ClFNO2/c1-20-15(19)11-4-2-10(3-5-11)9-18-14-7-6-12(17)8-13(14)16/h2-8,18H,9H2,1H3. The first-order chi connectivity index (χ1) is 9.60. The zero-order valence-corrected chi connectivity index (χ0v) is 11.6. The van der Waals surface area contributed by atoms with Gasteiger partial charge in [-0.15, -0.1) is 0 Å². The third-order valence-electron chi connectivity index (χ3n) is 2.79. The molecule has 0 saturated heterocycles. The average Bonchev–Trinajstić information content (AvgIpc) is 2.46. The Balaban J connectivity index is 2.02. The summed E-state index contributed by atoms with van der Waals surface area (Å²) in [6.45, 7) is 0.521. The molecule has 2 aromatic rings. The lowest BCUT2D eigenvalue weighted by Gasteiger charge is -2.09. The summed E-state index contributed by atoms with van der Waals surface area (Å²) in [5.41, 5.74) is 2.12. The topological polar surface area (TPSA) is 38.3 Å². The maximum Gasteiger partial charge on any atom is 0.337 e. The van der Waals surface area contributed by atoms with E-state index in [1.165, 1.54) is 19.2 Å². The van der Waals surface area contributed by atoms with Gasteiger partial charge in [0.25, 0.3) is 0 Å². The second-order valence-corrected chi connectivity index (χ2v) is 4.57. The van der Waals surface area contributed by atoms with Gasteiger partial charge in [0.2, 0.25) is 0 Å². The lowest BCUT2D eigenvalue weighted by molar-refractivity contribution is 0.0600. The van der Waals surface area contributed by atoms with E-state index in [1.807, 2.05) is 12.1 Å². The highest BCUT2D eigenvalue weighted by Crippen LogP contribution is 2.23. The van der Waals surface area contributed by atoms with Gasteiger partial charge in [-0.25, -0.2) is 9.18 Å². The molecule has 20 heavy (non-hydrogen) atoms. The molecule has 2 aromatic carbocycles. The number of benzene rings is 2. The van der Waals surface area contributed by atoms with E-state index in [2.05, 4.69) is 10.1 Å². The van der Waals surface area contributed by atoms with Gasteiger partial charge in [-0.1, -0.05) is 23.7 Å². The zero-order valence-electron chi connectivity index (χ0n) is 10.8. The monoisotopic (exact) mass is 293 g/mol. The highest BCUT2D eigenvalue weighted by Gasteiger charge is 2.05. The minimum absolute atomic E-state index is 0.330. The van der Waals surface area contributed by atoms with Crippen LogP contribution in [0.4, 0.5) is 10.1 Å². The van der Waals surface area contributed by atoms with E-state index in [-0.39, 0.29) is 11.8 Å². The molecule has 0 aromatic heterocycles. The summed E-state index contributed by atoms with van der Waals surface area (Å²) >= 11 is 5.92. The normalized spacial score (nSPS) is 10.2. The summed E-state index contributed by atoms with van der Waals surface area (Å²) in [6, 6.07) is 11.2. The SMILES string of the molecule is COC(=O)c1ccc(CNc2ccc(F)cc2Cl)cc1. The number of hydrogen-bond donors (Lipinski definition) is 1. The number of esters is 1. The smallest absolute Gasteiger partial charge is 0.337 e. The van der Waals surface area contributed by atoms with E-state index in [1.54, 1.807) is 18.2 Å². The summed E-state index contributed by atoms with van der Waals surface area (Å²) in [5.74, 6) is -0.742. The molecule has 3 nitrogen and oxygen atoms in total. The van der Waals surface area contributed by atoms with Crippen LogP contribution in [0.5, 0.6) is 0 Å². The maximum atomic E-state index is 12.9. The molecule has 0 saturated carbocycles. The Morgan fingerprint density at radius 1 is 1.25 bits per heavy atom. The minimum atomic E-state index is -0.372. The Bertz CT molecular complexity index is 614. The van der Waals surface area contributed by atoms with Gasteiger partial charge in [0.05, 0.1) is 23.4 Å². The first kappa shape index (κ1) is 14.3. The lowest BCUT2D eigenvalue weighted by Crippen LogP contribution is -2.03. The van der Waals surface area contributed by atoms with Crippen molar-refractivity contribution in [3.8, 4) is 0 Å². The summed E-state index contributed by atoms with van der Waals surface area (Å²) < 4.78 is 17.5. The molecular weight excluding hydrogens is 281 g/mol. The molecule has 5 heteroatoms. The lowest BCUT2D eigenvalue weighted by atomic mass is 10.1. The van der Waals surface area contributed by atoms with Crippen molar-refractivity contribution in [1.29, 1.82) is 0 Å². The molecule has 2 rings (SSSR count). The van der Waals surface area contributed by atoms with Gasteiger partial charge >= 0.3 is 5.97 Å². The Kier molecular flexibility index (Phi) is 4.58. The van der Waals surface area contributed by atoms with Crippen LogP contribution in [0.3, 0.4) is 0 Å². The number of nitrogens with one attached hydrogen (secondary N) is 1. The van der Waals surface area contributed by atoms with Crippen molar-refractivity contribution in [2.45, 2.75) is 6.54 Å². The third kappa shape index (κ3) is 3.48. The van der Waals surface area contributed by atoms with Crippen molar-refractivity contribution in [2.24, 2.45) is 0 Å². The minimum Gasteiger partial charge on any atom is -0.465 e. The van der Waals surface area contributed by atoms with Gasteiger partial charge in [0, 0.05) is 6.54 Å². The third-order valence-corrected chi connectivity index (χ3v) is 3.10. The van der Waals surface area contributed by atoms with E-state index in [4.69, 9.17) is 11.6 Å². The van der Waals surface area contributed by atoms with Crippen molar-refractivity contribution < 1.29 is 13.9 Å². The number of methoxy groups -OCH3 is 1. The van der Waals surface area contributed by atoms with Crippen LogP contribution in [0.1, 0.15) is 15.9 Å². The maximum absolute atomic E-state index is 12.9. The predicted molar refractivity (Wildman–Crippen MR) is 76.5 cm³/mol. The molecule has 104 valence electrons. The molecule has 0 aliphatic rings. The fourth-order valence-electron chi connectivity index (χ4n) is 1.71. The molecule has 0 amide bonds. The molecular formula is C15H13ClFNO2. The van der Waals surface area contributed by atoms with E-state index in [0.29, 0.717) is 22.8 Å². The zero-order chi connectivity index (χ0) is 14.5. The molecule has 0 aliphatic heterocycles. The van der Waals surface area contributed by atoms with E-state index in [9.17, 15) is 9.18 Å². The molecule has 0 aliphatic carbocycles. The van der Waals surface area contributed by atoms with Gasteiger partial charge in [0.15, 0.2) is 0 Å². The molecule has 0 radical (unpaired) electrons. The predicted octanol–water partition coefficient (Wildman–Crippen LogP) is 3.88. The largest absolute Gasteiger partial charge is 0.465 e. The second kappa shape index (κ2) is 6.39. The van der Waals surface area contributed by atoms with Crippen LogP contribution in [0.25, 0.3) is 0 Å². The van der Waals surface area contributed by atoms with Crippen molar-refractivity contribution in [3.05, 3.63) is 64.4 Å². The number of hydrogen-bond acceptors (Lipinski definition) is 3. The molecule has 0 heterocycles. The number of anilines is 1. The van der Waals surface area contributed by atoms with Crippen LogP contribution in [0, 0.1) is 5.82 Å². The Hall–Kier alpha value is -2.07. The van der Waals surface area contributed by atoms with E-state index >= 15 is 0 Å². The van der Waals surface area contributed by atoms with E-state index < -0.39 is 0 Å². The van der Waals surface area contributed by atoms with Crippen LogP contribution < -0.4 is 5.32 Å². The van der Waals surface area contributed by atoms with E-state index in [0.717, 1.165) is 5.56 Å². The fraction of sp³-hybridized carbons (Fsp3) is 0.133. The van der Waals surface area contributed by atoms with Crippen LogP contribution in [-0.2, 0) is 11.3 Å². The van der Waals surface area contributed by atoms with Gasteiger partial charge < -0.3 is 10.1 Å². The molecule has 0 fully saturated rings. The Morgan fingerprint density at radius 3 is 2.55 bits per heavy atom. The first-order valence-corrected chi connectivity index (χ1v) is 6.34. The van der Waals surface area contributed by atoms with Crippen LogP contribution in [0.2, 0.25) is 5.02 Å². The van der Waals surface area contributed by atoms with Crippen molar-refractivity contribution in [2.75, 3.05) is 12.4 Å². The number of carbonyl (C=O) groups is 1. The van der Waals surface area contributed by atoms with Gasteiger partial charge in [-0.05, 0) is 35.9 Å². The van der Waals surface area contributed by atoms with Gasteiger partial charge in [-0.3, -0.25) is 0 Å². The highest BCUT2D eigenvalue weighted by molar-refractivity contribution is 6.33. The second-order valence-electron chi connectivity index (χ2n) is 4.17. The van der Waals surface area contributed by atoms with Crippen molar-refractivity contribution in [1.82, 2.24) is 0 Å². The fourth-order valence-corrected chi connectivity index (χ4v) is 1.94. The average molecular weight is 294 g/mol. The number of rotatable bonds is 4. The number of halogens is 2. The molecule has 0 atom stereocenters. The molecule has 0 unspecified atom stereocenters. The van der Waals surface area contributed by atoms with Crippen molar-refractivity contribution in [3.63, 3.8) is 0 Å². The van der Waals surface area contributed by atoms with Crippen LogP contribution >= 0.6 is 11.6 Å². The summed E-state index contributed by atoms with van der Waals surface area (Å²) in [6.07, 6.45) is 0. The van der Waals surface area contributed by atoms with Gasteiger partial charge in [-0.2, -0.15) is 0 Å². The molecule has 0 spiro atoms. The molecule has 0 bridgehead atoms. The highest BCUT2D eigenvalue weighted by atomic mass is 35.5. The van der Waals surface area contributed by atoms with Gasteiger partial charge in [0.1, 0.15) is 5.82 Å². The molecule has 1 N–H and O–H groups in total. The number of carbonyl (C=O) groups excluding carboxylic acids is 1. The van der Waals surface area contributed by atoms with Crippen molar-refractivity contribution >= 4 is 23.3 Å². The first-order valence-electron chi connectivity index (χ1n) is 5.96. The number of ether oxygens (including phenoxy) is 1. The van der Waals surface area contributed by atoms with Crippen LogP contribution in [0.15, 0.2) is 42.5 Å². The quantitative estimate of drug-likeness (QED) is 0.870.